The van der Waals surface area contributed by atoms with Crippen LogP contribution in [0, 0.1) is 5.92 Å². The van der Waals surface area contributed by atoms with Gasteiger partial charge in [-0.05, 0) is 48.4 Å². The quantitative estimate of drug-likeness (QED) is 0.281. The molecule has 1 aromatic heterocycles. The maximum atomic E-state index is 11.4. The van der Waals surface area contributed by atoms with Crippen LogP contribution in [-0.2, 0) is 6.54 Å². The molecule has 0 bridgehead atoms. The van der Waals surface area contributed by atoms with Crippen molar-refractivity contribution in [2.24, 2.45) is 5.92 Å². The van der Waals surface area contributed by atoms with Crippen molar-refractivity contribution in [2.75, 3.05) is 19.6 Å². The number of aliphatic hydroxyl groups excluding tert-OH is 1. The average molecular weight is 475 g/mol. The fourth-order valence-corrected chi connectivity index (χ4v) is 5.91. The molecule has 1 N–H and O–H groups in total. The van der Waals surface area contributed by atoms with E-state index in [2.05, 4.69) is 113 Å². The molecular weight excluding hydrogens is 440 g/mol. The van der Waals surface area contributed by atoms with Crippen LogP contribution in [0.15, 0.2) is 97.1 Å². The summed E-state index contributed by atoms with van der Waals surface area (Å²) >= 11 is 0. The second-order valence-electron chi connectivity index (χ2n) is 10.4. The lowest BCUT2D eigenvalue weighted by Gasteiger charge is -2.32. The molecule has 2 heterocycles. The first kappa shape index (κ1) is 23.0. The van der Waals surface area contributed by atoms with E-state index in [1.165, 1.54) is 56.9 Å². The van der Waals surface area contributed by atoms with Crippen LogP contribution in [-0.4, -0.2) is 40.3 Å². The van der Waals surface area contributed by atoms with Gasteiger partial charge in [0.1, 0.15) is 0 Å². The molecule has 5 aromatic rings. The van der Waals surface area contributed by atoms with Crippen LogP contribution >= 0.6 is 0 Å². The van der Waals surface area contributed by atoms with Gasteiger partial charge in [0.05, 0.1) is 23.9 Å². The Morgan fingerprint density at radius 3 is 2.08 bits per heavy atom. The van der Waals surface area contributed by atoms with Crippen molar-refractivity contribution in [2.45, 2.75) is 32.4 Å². The zero-order valence-corrected chi connectivity index (χ0v) is 21.0. The summed E-state index contributed by atoms with van der Waals surface area (Å²) in [5.41, 5.74) is 6.00. The number of aromatic nitrogens is 1. The summed E-state index contributed by atoms with van der Waals surface area (Å²) in [5.74, 6) is 0.788. The highest BCUT2D eigenvalue weighted by molar-refractivity contribution is 6.15. The first-order valence-corrected chi connectivity index (χ1v) is 13.2. The number of fused-ring (bicyclic) bond motifs is 3. The fraction of sp³-hybridized carbons (Fsp3) is 0.273. The van der Waals surface area contributed by atoms with Crippen molar-refractivity contribution in [3.05, 3.63) is 97.1 Å². The van der Waals surface area contributed by atoms with Crippen molar-refractivity contribution in [1.82, 2.24) is 9.47 Å². The van der Waals surface area contributed by atoms with Gasteiger partial charge in [-0.1, -0.05) is 104 Å². The van der Waals surface area contributed by atoms with E-state index in [1.54, 1.807) is 0 Å². The zero-order chi connectivity index (χ0) is 24.5. The van der Waals surface area contributed by atoms with Crippen molar-refractivity contribution < 1.29 is 5.11 Å². The van der Waals surface area contributed by atoms with E-state index in [0.29, 0.717) is 13.1 Å². The smallest absolute Gasteiger partial charge is 0.0845 e. The van der Waals surface area contributed by atoms with Crippen molar-refractivity contribution in [3.8, 4) is 22.4 Å². The van der Waals surface area contributed by atoms with E-state index in [-0.39, 0.29) is 0 Å². The Hall–Kier alpha value is -3.40. The van der Waals surface area contributed by atoms with Crippen LogP contribution in [0.5, 0.6) is 0 Å². The summed E-state index contributed by atoms with van der Waals surface area (Å²) in [7, 11) is 0. The molecule has 1 atom stereocenters. The third-order valence-corrected chi connectivity index (χ3v) is 7.79. The second-order valence-corrected chi connectivity index (χ2v) is 10.4. The predicted molar refractivity (Wildman–Crippen MR) is 151 cm³/mol. The van der Waals surface area contributed by atoms with Gasteiger partial charge in [-0.3, -0.25) is 0 Å². The summed E-state index contributed by atoms with van der Waals surface area (Å²) in [6.07, 6.45) is 1.99. The highest BCUT2D eigenvalue weighted by atomic mass is 16.3. The SMILES string of the molecule is CC1CCN(CC(O)Cn2c(-c3ccccc3)c(-c3ccccc3)c3ccc4ccccc4c32)CC1. The highest BCUT2D eigenvalue weighted by Crippen LogP contribution is 2.43. The molecular formula is C33H34N2O. The first-order valence-electron chi connectivity index (χ1n) is 13.2. The molecule has 1 aliphatic heterocycles. The number of hydrogen-bond acceptors (Lipinski definition) is 2. The lowest BCUT2D eigenvalue weighted by atomic mass is 9.97. The van der Waals surface area contributed by atoms with Gasteiger partial charge in [-0.2, -0.15) is 0 Å². The molecule has 182 valence electrons. The van der Waals surface area contributed by atoms with Crippen LogP contribution in [0.3, 0.4) is 0 Å². The molecule has 4 aromatic carbocycles. The lowest BCUT2D eigenvalue weighted by Crippen LogP contribution is -2.39. The maximum absolute atomic E-state index is 11.4. The van der Waals surface area contributed by atoms with Gasteiger partial charge in [0, 0.05) is 22.9 Å². The molecule has 3 nitrogen and oxygen atoms in total. The van der Waals surface area contributed by atoms with Crippen LogP contribution in [0.4, 0.5) is 0 Å². The van der Waals surface area contributed by atoms with Gasteiger partial charge in [0.2, 0.25) is 0 Å². The third-order valence-electron chi connectivity index (χ3n) is 7.79. The Bertz CT molecular complexity index is 1460. The van der Waals surface area contributed by atoms with Crippen LogP contribution < -0.4 is 0 Å². The van der Waals surface area contributed by atoms with E-state index in [9.17, 15) is 5.11 Å². The Labute approximate surface area is 213 Å². The number of benzene rings is 4. The molecule has 1 saturated heterocycles. The topological polar surface area (TPSA) is 28.4 Å². The standard InChI is InChI=1S/C33H34N2O/c1-24-18-20-34(21-19-24)22-28(36)23-35-32(27-13-6-3-7-14-27)31(26-11-4-2-5-12-26)30-17-16-25-10-8-9-15-29(25)33(30)35/h2-17,24,28,36H,18-23H2,1H3. The Morgan fingerprint density at radius 1 is 0.722 bits per heavy atom. The number of nitrogens with zero attached hydrogens (tertiary/aromatic N) is 2. The van der Waals surface area contributed by atoms with Gasteiger partial charge in [-0.25, -0.2) is 0 Å². The zero-order valence-electron chi connectivity index (χ0n) is 21.0. The third kappa shape index (κ3) is 4.34. The van der Waals surface area contributed by atoms with E-state index in [1.807, 2.05) is 0 Å². The molecule has 0 radical (unpaired) electrons. The summed E-state index contributed by atoms with van der Waals surface area (Å²) in [6, 6.07) is 34.5. The van der Waals surface area contributed by atoms with Gasteiger partial charge in [-0.15, -0.1) is 0 Å². The molecule has 0 spiro atoms. The Morgan fingerprint density at radius 2 is 1.36 bits per heavy atom. The average Bonchev–Trinajstić information content (AvgIpc) is 3.25. The number of rotatable bonds is 6. The van der Waals surface area contributed by atoms with Gasteiger partial charge in [0.15, 0.2) is 0 Å². The summed E-state index contributed by atoms with van der Waals surface area (Å²) in [5, 5.41) is 15.1. The van der Waals surface area contributed by atoms with Crippen LogP contribution in [0.2, 0.25) is 0 Å². The molecule has 1 unspecified atom stereocenters. The van der Waals surface area contributed by atoms with E-state index in [4.69, 9.17) is 0 Å². The number of piperidine rings is 1. The monoisotopic (exact) mass is 474 g/mol. The molecule has 1 fully saturated rings. The van der Waals surface area contributed by atoms with Crippen LogP contribution in [0.1, 0.15) is 19.8 Å². The maximum Gasteiger partial charge on any atom is 0.0845 e. The summed E-state index contributed by atoms with van der Waals surface area (Å²) in [4.78, 5) is 2.44. The molecule has 0 saturated carbocycles. The minimum atomic E-state index is -0.445. The minimum Gasteiger partial charge on any atom is -0.390 e. The molecule has 36 heavy (non-hydrogen) atoms. The summed E-state index contributed by atoms with van der Waals surface area (Å²) < 4.78 is 2.40. The lowest BCUT2D eigenvalue weighted by molar-refractivity contribution is 0.0813. The molecule has 6 rings (SSSR count). The molecule has 0 aliphatic carbocycles. The first-order chi connectivity index (χ1) is 17.7. The number of likely N-dealkylation sites (tertiary alicyclic amines) is 1. The predicted octanol–water partition coefficient (Wildman–Crippen LogP) is 7.22. The molecule has 3 heteroatoms. The van der Waals surface area contributed by atoms with Gasteiger partial charge >= 0.3 is 0 Å². The van der Waals surface area contributed by atoms with Crippen molar-refractivity contribution >= 4 is 21.7 Å². The van der Waals surface area contributed by atoms with E-state index >= 15 is 0 Å². The summed E-state index contributed by atoms with van der Waals surface area (Å²) in [6.45, 7) is 5.77. The normalized spacial score (nSPS) is 16.1. The number of β-amino-alcohol motifs (C(OH)–C–C–N with tert-alkyl or cyclic N) is 1. The minimum absolute atomic E-state index is 0.445. The van der Waals surface area contributed by atoms with Gasteiger partial charge < -0.3 is 14.6 Å². The van der Waals surface area contributed by atoms with E-state index < -0.39 is 6.10 Å². The fourth-order valence-electron chi connectivity index (χ4n) is 5.91. The molecule has 0 amide bonds. The van der Waals surface area contributed by atoms with E-state index in [0.717, 1.165) is 19.0 Å². The molecule has 1 aliphatic rings. The number of aliphatic hydroxyl groups is 1. The largest absolute Gasteiger partial charge is 0.390 e. The Kier molecular flexibility index (Phi) is 6.35. The highest BCUT2D eigenvalue weighted by Gasteiger charge is 2.24. The van der Waals surface area contributed by atoms with Crippen LogP contribution in [0.25, 0.3) is 44.1 Å². The second kappa shape index (κ2) is 9.93. The van der Waals surface area contributed by atoms with Crippen molar-refractivity contribution in [3.63, 3.8) is 0 Å². The van der Waals surface area contributed by atoms with Gasteiger partial charge in [0.25, 0.3) is 0 Å². The number of hydrogen-bond donors (Lipinski definition) is 1. The Balaban J connectivity index is 1.56. The van der Waals surface area contributed by atoms with Crippen molar-refractivity contribution in [1.29, 1.82) is 0 Å².